The van der Waals surface area contributed by atoms with Crippen LogP contribution in [0.4, 0.5) is 0 Å². The predicted octanol–water partition coefficient (Wildman–Crippen LogP) is 4.34. The smallest absolute Gasteiger partial charge is 0.291 e. The Balaban J connectivity index is 1.59. The largest absolute Gasteiger partial charge is 0.496 e. The van der Waals surface area contributed by atoms with Gasteiger partial charge in [0.1, 0.15) is 5.75 Å². The van der Waals surface area contributed by atoms with Crippen LogP contribution >= 0.6 is 11.3 Å². The zero-order valence-corrected chi connectivity index (χ0v) is 19.9. The summed E-state index contributed by atoms with van der Waals surface area (Å²) in [5.74, 6) is 2.47. The summed E-state index contributed by atoms with van der Waals surface area (Å²) in [6.45, 7) is 2.85. The van der Waals surface area contributed by atoms with Crippen molar-refractivity contribution in [2.24, 2.45) is 0 Å². The van der Waals surface area contributed by atoms with Crippen molar-refractivity contribution in [1.82, 2.24) is 14.6 Å². The lowest BCUT2D eigenvalue weighted by atomic mass is 10.2. The number of para-hydroxylation sites is 1. The monoisotopic (exact) mass is 465 g/mol. The molecular formula is C25H27N3O4S. The van der Waals surface area contributed by atoms with Crippen LogP contribution in [-0.2, 0) is 0 Å². The minimum absolute atomic E-state index is 0.209. The number of methoxy groups -OCH3 is 2. The van der Waals surface area contributed by atoms with Crippen molar-refractivity contribution in [2.75, 3.05) is 20.8 Å². The number of nitrogens with zero attached hydrogens (tertiary/aromatic N) is 3. The second-order valence-corrected chi connectivity index (χ2v) is 8.57. The van der Waals surface area contributed by atoms with Gasteiger partial charge in [0.25, 0.3) is 5.56 Å². The first kappa shape index (κ1) is 22.8. The van der Waals surface area contributed by atoms with Crippen LogP contribution in [0.25, 0.3) is 22.4 Å². The summed E-state index contributed by atoms with van der Waals surface area (Å²) in [4.78, 5) is 18.0. The van der Waals surface area contributed by atoms with Gasteiger partial charge in [-0.15, -0.1) is 5.10 Å². The molecule has 0 unspecified atom stereocenters. The molecule has 4 aromatic rings. The normalized spacial score (nSPS) is 11.8. The van der Waals surface area contributed by atoms with Gasteiger partial charge in [-0.25, -0.2) is 0 Å². The molecule has 0 saturated carbocycles. The van der Waals surface area contributed by atoms with E-state index in [2.05, 4.69) is 17.0 Å². The van der Waals surface area contributed by atoms with Gasteiger partial charge in [0.15, 0.2) is 17.3 Å². The van der Waals surface area contributed by atoms with Gasteiger partial charge >= 0.3 is 0 Å². The van der Waals surface area contributed by atoms with Crippen LogP contribution in [-0.4, -0.2) is 35.4 Å². The minimum Gasteiger partial charge on any atom is -0.496 e. The summed E-state index contributed by atoms with van der Waals surface area (Å²) < 4.78 is 18.7. The van der Waals surface area contributed by atoms with Gasteiger partial charge in [-0.2, -0.15) is 9.50 Å². The lowest BCUT2D eigenvalue weighted by Gasteiger charge is -2.11. The second kappa shape index (κ2) is 10.5. The fourth-order valence-electron chi connectivity index (χ4n) is 3.53. The Labute approximate surface area is 196 Å². The van der Waals surface area contributed by atoms with Gasteiger partial charge in [-0.1, -0.05) is 55.7 Å². The van der Waals surface area contributed by atoms with Gasteiger partial charge in [0.2, 0.25) is 4.96 Å². The van der Waals surface area contributed by atoms with Crippen molar-refractivity contribution >= 4 is 22.4 Å². The molecule has 0 aliphatic rings. The molecule has 2 aromatic carbocycles. The number of hydrogen-bond acceptors (Lipinski definition) is 7. The SMILES string of the molecule is CCCCCCOc1ccc(C=c2sc3nc(-c4ccccc4OC)nn3c2=O)cc1OC. The van der Waals surface area contributed by atoms with Gasteiger partial charge in [-0.05, 0) is 42.3 Å². The molecule has 0 spiro atoms. The summed E-state index contributed by atoms with van der Waals surface area (Å²) in [5.41, 5.74) is 1.38. The number of thiazole rings is 1. The number of aromatic nitrogens is 3. The number of unbranched alkanes of at least 4 members (excludes halogenated alkanes) is 3. The Kier molecular flexibility index (Phi) is 7.24. The fraction of sp³-hybridized carbons (Fsp3) is 0.320. The van der Waals surface area contributed by atoms with E-state index in [9.17, 15) is 4.79 Å². The van der Waals surface area contributed by atoms with E-state index >= 15 is 0 Å². The molecule has 33 heavy (non-hydrogen) atoms. The lowest BCUT2D eigenvalue weighted by molar-refractivity contribution is 0.285. The van der Waals surface area contributed by atoms with Crippen molar-refractivity contribution in [3.8, 4) is 28.6 Å². The topological polar surface area (TPSA) is 75.0 Å². The molecule has 0 aliphatic carbocycles. The number of benzene rings is 2. The van der Waals surface area contributed by atoms with Crippen LogP contribution in [0.3, 0.4) is 0 Å². The maximum atomic E-state index is 12.9. The van der Waals surface area contributed by atoms with Crippen molar-refractivity contribution in [2.45, 2.75) is 32.6 Å². The Morgan fingerprint density at radius 3 is 2.58 bits per heavy atom. The molecule has 0 saturated heterocycles. The zero-order chi connectivity index (χ0) is 23.2. The van der Waals surface area contributed by atoms with E-state index in [1.807, 2.05) is 48.5 Å². The van der Waals surface area contributed by atoms with Crippen LogP contribution in [0, 0.1) is 0 Å². The third-order valence-electron chi connectivity index (χ3n) is 5.27. The molecule has 0 radical (unpaired) electrons. The van der Waals surface area contributed by atoms with E-state index in [-0.39, 0.29) is 5.56 Å². The molecule has 0 amide bonds. The Morgan fingerprint density at radius 1 is 1.00 bits per heavy atom. The van der Waals surface area contributed by atoms with Crippen molar-refractivity contribution in [3.63, 3.8) is 0 Å². The molecule has 0 aliphatic heterocycles. The number of hydrogen-bond donors (Lipinski definition) is 0. The summed E-state index contributed by atoms with van der Waals surface area (Å²) in [6.07, 6.45) is 6.40. The molecule has 8 heteroatoms. The third kappa shape index (κ3) is 5.01. The number of rotatable bonds is 10. The van der Waals surface area contributed by atoms with Gasteiger partial charge < -0.3 is 14.2 Å². The Bertz CT molecular complexity index is 1350. The van der Waals surface area contributed by atoms with Crippen molar-refractivity contribution < 1.29 is 14.2 Å². The number of ether oxygens (including phenoxy) is 3. The third-order valence-corrected chi connectivity index (χ3v) is 6.23. The van der Waals surface area contributed by atoms with Crippen LogP contribution in [0.15, 0.2) is 47.3 Å². The fourth-order valence-corrected chi connectivity index (χ4v) is 4.44. The van der Waals surface area contributed by atoms with Gasteiger partial charge in [0, 0.05) is 0 Å². The molecule has 0 fully saturated rings. The molecule has 0 bridgehead atoms. The Hall–Kier alpha value is -3.39. The van der Waals surface area contributed by atoms with Crippen LogP contribution in [0.2, 0.25) is 0 Å². The average Bonchev–Trinajstić information content (AvgIpc) is 3.38. The molecule has 0 N–H and O–H groups in total. The van der Waals surface area contributed by atoms with Crippen LogP contribution in [0.1, 0.15) is 38.2 Å². The van der Waals surface area contributed by atoms with Gasteiger partial charge in [-0.3, -0.25) is 4.79 Å². The van der Waals surface area contributed by atoms with E-state index in [0.29, 0.717) is 39.2 Å². The van der Waals surface area contributed by atoms with E-state index in [4.69, 9.17) is 14.2 Å². The maximum absolute atomic E-state index is 12.9. The summed E-state index contributed by atoms with van der Waals surface area (Å²) in [6, 6.07) is 13.1. The maximum Gasteiger partial charge on any atom is 0.291 e. The van der Waals surface area contributed by atoms with Crippen LogP contribution < -0.4 is 24.3 Å². The van der Waals surface area contributed by atoms with E-state index in [1.165, 1.54) is 28.7 Å². The first-order chi connectivity index (χ1) is 16.1. The molecule has 2 aromatic heterocycles. The molecule has 0 atom stereocenters. The van der Waals surface area contributed by atoms with E-state index < -0.39 is 0 Å². The highest BCUT2D eigenvalue weighted by Gasteiger charge is 2.15. The summed E-state index contributed by atoms with van der Waals surface area (Å²) in [5, 5.41) is 4.41. The predicted molar refractivity (Wildman–Crippen MR) is 131 cm³/mol. The standard InChI is InChI=1S/C25H27N3O4S/c1-4-5-6-9-14-32-20-13-12-17(15-21(20)31-3)16-22-24(29)28-25(33-22)26-23(27-28)18-10-7-8-11-19(18)30-2/h7-8,10-13,15-16H,4-6,9,14H2,1-3H3. The van der Waals surface area contributed by atoms with Crippen LogP contribution in [0.5, 0.6) is 17.2 Å². The van der Waals surface area contributed by atoms with Crippen molar-refractivity contribution in [1.29, 1.82) is 0 Å². The van der Waals surface area contributed by atoms with Crippen molar-refractivity contribution in [3.05, 3.63) is 62.9 Å². The lowest BCUT2D eigenvalue weighted by Crippen LogP contribution is -2.23. The van der Waals surface area contributed by atoms with E-state index in [1.54, 1.807) is 14.2 Å². The summed E-state index contributed by atoms with van der Waals surface area (Å²) >= 11 is 1.30. The molecular weight excluding hydrogens is 438 g/mol. The first-order valence-electron chi connectivity index (χ1n) is 11.0. The van der Waals surface area contributed by atoms with Gasteiger partial charge in [0.05, 0.1) is 30.9 Å². The highest BCUT2D eigenvalue weighted by molar-refractivity contribution is 7.15. The average molecular weight is 466 g/mol. The zero-order valence-electron chi connectivity index (χ0n) is 19.0. The number of fused-ring (bicyclic) bond motifs is 1. The quantitative estimate of drug-likeness (QED) is 0.324. The summed E-state index contributed by atoms with van der Waals surface area (Å²) in [7, 11) is 3.21. The Morgan fingerprint density at radius 2 is 1.82 bits per heavy atom. The molecule has 4 rings (SSSR count). The molecule has 172 valence electrons. The molecule has 7 nitrogen and oxygen atoms in total. The highest BCUT2D eigenvalue weighted by Crippen LogP contribution is 2.29. The second-order valence-electron chi connectivity index (χ2n) is 7.57. The highest BCUT2D eigenvalue weighted by atomic mass is 32.1. The minimum atomic E-state index is -0.209. The first-order valence-corrected chi connectivity index (χ1v) is 11.8. The molecule has 2 heterocycles. The van der Waals surface area contributed by atoms with E-state index in [0.717, 1.165) is 24.0 Å².